The summed E-state index contributed by atoms with van der Waals surface area (Å²) in [5.41, 5.74) is 0. The lowest BCUT2D eigenvalue weighted by molar-refractivity contribution is -0.126. The molecule has 0 aliphatic carbocycles. The molecule has 2 rings (SSSR count). The molecular formula is C10H15NO3. The quantitative estimate of drug-likeness (QED) is 0.467. The van der Waals surface area contributed by atoms with Gasteiger partial charge in [-0.1, -0.05) is 6.08 Å². The Labute approximate surface area is 83.5 Å². The zero-order valence-electron chi connectivity index (χ0n) is 8.31. The number of nitrogens with zero attached hydrogens (tertiary/aromatic N) is 1. The number of amides is 1. The van der Waals surface area contributed by atoms with Crippen LogP contribution in [0.3, 0.4) is 0 Å². The van der Waals surface area contributed by atoms with Crippen LogP contribution in [0.15, 0.2) is 12.2 Å². The van der Waals surface area contributed by atoms with Crippen LogP contribution in [-0.2, 0) is 14.3 Å². The SMILES string of the molecule is C/C=C/C(=O)N(CC1CO1)CC1CO1. The summed E-state index contributed by atoms with van der Waals surface area (Å²) in [6.07, 6.45) is 3.85. The predicted octanol–water partition coefficient (Wildman–Crippen LogP) is 0.189. The molecule has 0 aromatic heterocycles. The van der Waals surface area contributed by atoms with Gasteiger partial charge in [-0.15, -0.1) is 0 Å². The largest absolute Gasteiger partial charge is 0.371 e. The Hall–Kier alpha value is -0.870. The van der Waals surface area contributed by atoms with Gasteiger partial charge in [0.05, 0.1) is 25.4 Å². The maximum atomic E-state index is 11.6. The van der Waals surface area contributed by atoms with E-state index in [1.54, 1.807) is 17.1 Å². The van der Waals surface area contributed by atoms with E-state index in [0.717, 1.165) is 13.2 Å². The molecule has 1 amide bonds. The van der Waals surface area contributed by atoms with Crippen molar-refractivity contribution in [1.82, 2.24) is 4.90 Å². The van der Waals surface area contributed by atoms with Crippen molar-refractivity contribution in [3.05, 3.63) is 12.2 Å². The molecule has 2 unspecified atom stereocenters. The Bertz CT molecular complexity index is 230. The monoisotopic (exact) mass is 197 g/mol. The van der Waals surface area contributed by atoms with Crippen molar-refractivity contribution in [2.45, 2.75) is 19.1 Å². The minimum Gasteiger partial charge on any atom is -0.371 e. The Morgan fingerprint density at radius 1 is 1.36 bits per heavy atom. The summed E-state index contributed by atoms with van der Waals surface area (Å²) in [6.45, 7) is 4.81. The zero-order valence-corrected chi connectivity index (χ0v) is 8.31. The number of carbonyl (C=O) groups excluding carboxylic acids is 1. The van der Waals surface area contributed by atoms with Crippen molar-refractivity contribution in [2.24, 2.45) is 0 Å². The maximum Gasteiger partial charge on any atom is 0.246 e. The van der Waals surface area contributed by atoms with Gasteiger partial charge in [-0.2, -0.15) is 0 Å². The number of carbonyl (C=O) groups is 1. The molecule has 2 fully saturated rings. The molecule has 0 aromatic carbocycles. The van der Waals surface area contributed by atoms with E-state index in [1.165, 1.54) is 0 Å². The lowest BCUT2D eigenvalue weighted by Crippen LogP contribution is -2.36. The van der Waals surface area contributed by atoms with E-state index >= 15 is 0 Å². The molecule has 0 aromatic rings. The van der Waals surface area contributed by atoms with E-state index in [9.17, 15) is 4.79 Å². The van der Waals surface area contributed by atoms with Gasteiger partial charge in [-0.3, -0.25) is 4.79 Å². The number of hydrogen-bond acceptors (Lipinski definition) is 3. The number of hydrogen-bond donors (Lipinski definition) is 0. The van der Waals surface area contributed by atoms with Gasteiger partial charge in [0.25, 0.3) is 0 Å². The second kappa shape index (κ2) is 4.11. The molecule has 4 nitrogen and oxygen atoms in total. The minimum atomic E-state index is 0.0542. The minimum absolute atomic E-state index is 0.0542. The molecule has 78 valence electrons. The Kier molecular flexibility index (Phi) is 2.84. The lowest BCUT2D eigenvalue weighted by Gasteiger charge is -2.18. The highest BCUT2D eigenvalue weighted by Crippen LogP contribution is 2.15. The van der Waals surface area contributed by atoms with Crippen LogP contribution in [0.4, 0.5) is 0 Å². The molecule has 0 saturated carbocycles. The van der Waals surface area contributed by atoms with E-state index in [2.05, 4.69) is 0 Å². The molecule has 2 aliphatic heterocycles. The van der Waals surface area contributed by atoms with Gasteiger partial charge in [-0.25, -0.2) is 0 Å². The smallest absolute Gasteiger partial charge is 0.246 e. The van der Waals surface area contributed by atoms with Crippen LogP contribution in [0.2, 0.25) is 0 Å². The summed E-state index contributed by atoms with van der Waals surface area (Å²) in [7, 11) is 0. The predicted molar refractivity (Wildman–Crippen MR) is 50.9 cm³/mol. The third-order valence-corrected chi connectivity index (χ3v) is 2.27. The van der Waals surface area contributed by atoms with E-state index in [0.29, 0.717) is 13.1 Å². The normalized spacial score (nSPS) is 29.2. The summed E-state index contributed by atoms with van der Waals surface area (Å²) in [5.74, 6) is 0.0542. The summed E-state index contributed by atoms with van der Waals surface area (Å²) in [6, 6.07) is 0. The van der Waals surface area contributed by atoms with E-state index in [4.69, 9.17) is 9.47 Å². The zero-order chi connectivity index (χ0) is 9.97. The molecule has 0 bridgehead atoms. The fourth-order valence-electron chi connectivity index (χ4n) is 1.34. The first-order chi connectivity index (χ1) is 6.79. The van der Waals surface area contributed by atoms with Gasteiger partial charge in [0.15, 0.2) is 0 Å². The number of rotatable bonds is 5. The Morgan fingerprint density at radius 2 is 1.86 bits per heavy atom. The highest BCUT2D eigenvalue weighted by molar-refractivity contribution is 5.87. The van der Waals surface area contributed by atoms with E-state index < -0.39 is 0 Å². The summed E-state index contributed by atoms with van der Waals surface area (Å²) in [5, 5.41) is 0. The second-order valence-corrected chi connectivity index (χ2v) is 3.65. The second-order valence-electron chi connectivity index (χ2n) is 3.65. The van der Waals surface area contributed by atoms with Crippen LogP contribution in [-0.4, -0.2) is 49.3 Å². The average molecular weight is 197 g/mol. The van der Waals surface area contributed by atoms with Crippen LogP contribution in [0.25, 0.3) is 0 Å². The van der Waals surface area contributed by atoms with Crippen molar-refractivity contribution in [2.75, 3.05) is 26.3 Å². The average Bonchev–Trinajstić information content (AvgIpc) is 2.97. The third kappa shape index (κ3) is 2.82. The molecule has 2 heterocycles. The van der Waals surface area contributed by atoms with Crippen LogP contribution in [0.5, 0.6) is 0 Å². The molecule has 0 spiro atoms. The van der Waals surface area contributed by atoms with E-state index in [1.807, 2.05) is 6.92 Å². The van der Waals surface area contributed by atoms with Gasteiger partial charge in [0.2, 0.25) is 5.91 Å². The first-order valence-electron chi connectivity index (χ1n) is 4.94. The van der Waals surface area contributed by atoms with Crippen LogP contribution in [0, 0.1) is 0 Å². The number of ether oxygens (including phenoxy) is 2. The van der Waals surface area contributed by atoms with Crippen molar-refractivity contribution in [1.29, 1.82) is 0 Å². The molecule has 2 saturated heterocycles. The third-order valence-electron chi connectivity index (χ3n) is 2.27. The molecular weight excluding hydrogens is 182 g/mol. The van der Waals surface area contributed by atoms with Gasteiger partial charge in [0.1, 0.15) is 0 Å². The van der Waals surface area contributed by atoms with Gasteiger partial charge < -0.3 is 14.4 Å². The van der Waals surface area contributed by atoms with Gasteiger partial charge in [0, 0.05) is 13.1 Å². The molecule has 14 heavy (non-hydrogen) atoms. The number of allylic oxidation sites excluding steroid dienone is 1. The molecule has 0 radical (unpaired) electrons. The maximum absolute atomic E-state index is 11.6. The van der Waals surface area contributed by atoms with Crippen LogP contribution in [0.1, 0.15) is 6.92 Å². The standard InChI is InChI=1S/C10H15NO3/c1-2-3-10(12)11(4-8-6-13-8)5-9-7-14-9/h2-3,8-9H,4-7H2,1H3/b3-2+. The highest BCUT2D eigenvalue weighted by atomic mass is 16.6. The summed E-state index contributed by atoms with van der Waals surface area (Å²) >= 11 is 0. The van der Waals surface area contributed by atoms with Crippen molar-refractivity contribution >= 4 is 5.91 Å². The topological polar surface area (TPSA) is 45.4 Å². The fraction of sp³-hybridized carbons (Fsp3) is 0.700. The Balaban J connectivity index is 1.84. The van der Waals surface area contributed by atoms with Crippen LogP contribution >= 0.6 is 0 Å². The molecule has 2 aliphatic rings. The van der Waals surface area contributed by atoms with Crippen molar-refractivity contribution in [3.63, 3.8) is 0 Å². The van der Waals surface area contributed by atoms with Crippen molar-refractivity contribution < 1.29 is 14.3 Å². The van der Waals surface area contributed by atoms with Gasteiger partial charge in [-0.05, 0) is 13.0 Å². The summed E-state index contributed by atoms with van der Waals surface area (Å²) in [4.78, 5) is 13.4. The molecule has 0 N–H and O–H groups in total. The first-order valence-corrected chi connectivity index (χ1v) is 4.94. The summed E-state index contributed by atoms with van der Waals surface area (Å²) < 4.78 is 10.2. The number of epoxide rings is 2. The van der Waals surface area contributed by atoms with Crippen LogP contribution < -0.4 is 0 Å². The highest BCUT2D eigenvalue weighted by Gasteiger charge is 2.32. The lowest BCUT2D eigenvalue weighted by atomic mass is 10.3. The van der Waals surface area contributed by atoms with Crippen molar-refractivity contribution in [3.8, 4) is 0 Å². The Morgan fingerprint density at radius 3 is 2.21 bits per heavy atom. The fourth-order valence-corrected chi connectivity index (χ4v) is 1.34. The van der Waals surface area contributed by atoms with E-state index in [-0.39, 0.29) is 18.1 Å². The molecule has 4 heteroatoms. The van der Waals surface area contributed by atoms with Gasteiger partial charge >= 0.3 is 0 Å². The first kappa shape index (κ1) is 9.68. The molecule has 2 atom stereocenters.